The summed E-state index contributed by atoms with van der Waals surface area (Å²) in [6.07, 6.45) is 2.35. The van der Waals surface area contributed by atoms with Crippen LogP contribution in [0.15, 0.2) is 47.4 Å². The number of nitrogens with zero attached hydrogens (tertiary/aromatic N) is 2. The van der Waals surface area contributed by atoms with Crippen molar-refractivity contribution >= 4 is 27.3 Å². The van der Waals surface area contributed by atoms with E-state index in [1.807, 2.05) is 4.90 Å². The van der Waals surface area contributed by atoms with E-state index in [0.717, 1.165) is 42.4 Å². The van der Waals surface area contributed by atoms with Crippen molar-refractivity contribution in [2.75, 3.05) is 36.9 Å². The number of sulfonamides is 1. The van der Waals surface area contributed by atoms with Gasteiger partial charge in [0.25, 0.3) is 0 Å². The van der Waals surface area contributed by atoms with Gasteiger partial charge in [-0.3, -0.25) is 4.79 Å². The lowest BCUT2D eigenvalue weighted by Crippen LogP contribution is -2.29. The molecule has 0 aliphatic carbocycles. The van der Waals surface area contributed by atoms with Crippen LogP contribution in [-0.2, 0) is 14.8 Å². The van der Waals surface area contributed by atoms with E-state index in [-0.39, 0.29) is 35.9 Å². The van der Waals surface area contributed by atoms with Crippen molar-refractivity contribution in [2.45, 2.75) is 30.6 Å². The minimum atomic E-state index is -3.77. The number of rotatable bonds is 8. The standard InChI is InChI=1S/C21H25F2N3O3S/c1-25(30(28,29)17-11-9-16(22)10-12-17)13-5-8-20(27)24-21-18(23)6-4-7-19(21)26-14-2-3-15-26/h4,6-7,9-12H,2-3,5,8,13-15H2,1H3,(H,24,27). The van der Waals surface area contributed by atoms with Crippen molar-refractivity contribution in [3.05, 3.63) is 54.1 Å². The Kier molecular flexibility index (Phi) is 7.04. The van der Waals surface area contributed by atoms with Gasteiger partial charge in [0.2, 0.25) is 15.9 Å². The third-order valence-electron chi connectivity index (χ3n) is 5.10. The predicted molar refractivity (Wildman–Crippen MR) is 112 cm³/mol. The Morgan fingerprint density at radius 1 is 1.10 bits per heavy atom. The average Bonchev–Trinajstić information content (AvgIpc) is 3.24. The molecule has 1 saturated heterocycles. The van der Waals surface area contributed by atoms with Crippen molar-refractivity contribution < 1.29 is 22.0 Å². The third-order valence-corrected chi connectivity index (χ3v) is 6.97. The molecule has 1 amide bonds. The second kappa shape index (κ2) is 9.53. The molecule has 162 valence electrons. The molecule has 0 spiro atoms. The molecule has 3 rings (SSSR count). The molecule has 1 N–H and O–H groups in total. The SMILES string of the molecule is CN(CCCC(=O)Nc1c(F)cccc1N1CCCC1)S(=O)(=O)c1ccc(F)cc1. The van der Waals surface area contributed by atoms with Crippen LogP contribution in [0.2, 0.25) is 0 Å². The Morgan fingerprint density at radius 2 is 1.77 bits per heavy atom. The van der Waals surface area contributed by atoms with Crippen molar-refractivity contribution in [2.24, 2.45) is 0 Å². The van der Waals surface area contributed by atoms with Gasteiger partial charge in [-0.25, -0.2) is 21.5 Å². The Balaban J connectivity index is 1.57. The Bertz CT molecular complexity index is 991. The van der Waals surface area contributed by atoms with Gasteiger partial charge in [0.05, 0.1) is 10.6 Å². The fraction of sp³-hybridized carbons (Fsp3) is 0.381. The molecular weight excluding hydrogens is 412 g/mol. The molecule has 1 aliphatic heterocycles. The van der Waals surface area contributed by atoms with E-state index in [1.54, 1.807) is 12.1 Å². The van der Waals surface area contributed by atoms with Crippen LogP contribution in [0.25, 0.3) is 0 Å². The molecule has 1 aliphatic rings. The first-order valence-electron chi connectivity index (χ1n) is 9.84. The number of nitrogens with one attached hydrogen (secondary N) is 1. The van der Waals surface area contributed by atoms with Gasteiger partial charge >= 0.3 is 0 Å². The van der Waals surface area contributed by atoms with Gasteiger partial charge in [-0.15, -0.1) is 0 Å². The molecule has 9 heteroatoms. The van der Waals surface area contributed by atoms with E-state index < -0.39 is 21.7 Å². The zero-order valence-corrected chi connectivity index (χ0v) is 17.6. The second-order valence-electron chi connectivity index (χ2n) is 7.26. The smallest absolute Gasteiger partial charge is 0.242 e. The van der Waals surface area contributed by atoms with Crippen LogP contribution in [-0.4, -0.2) is 45.3 Å². The van der Waals surface area contributed by atoms with Crippen LogP contribution < -0.4 is 10.2 Å². The quantitative estimate of drug-likeness (QED) is 0.685. The minimum Gasteiger partial charge on any atom is -0.370 e. The molecule has 0 bridgehead atoms. The van der Waals surface area contributed by atoms with E-state index in [1.165, 1.54) is 25.2 Å². The van der Waals surface area contributed by atoms with Crippen molar-refractivity contribution in [1.29, 1.82) is 0 Å². The van der Waals surface area contributed by atoms with Crippen LogP contribution in [0.5, 0.6) is 0 Å². The Labute approximate surface area is 175 Å². The summed E-state index contributed by atoms with van der Waals surface area (Å²) in [4.78, 5) is 14.4. The predicted octanol–water partition coefficient (Wildman–Crippen LogP) is 3.60. The summed E-state index contributed by atoms with van der Waals surface area (Å²) in [6.45, 7) is 1.74. The fourth-order valence-corrected chi connectivity index (χ4v) is 4.64. The highest BCUT2D eigenvalue weighted by Gasteiger charge is 2.22. The van der Waals surface area contributed by atoms with Crippen LogP contribution in [0.1, 0.15) is 25.7 Å². The van der Waals surface area contributed by atoms with E-state index in [9.17, 15) is 22.0 Å². The number of hydrogen-bond acceptors (Lipinski definition) is 4. The maximum atomic E-state index is 14.3. The van der Waals surface area contributed by atoms with E-state index in [4.69, 9.17) is 0 Å². The summed E-state index contributed by atoms with van der Waals surface area (Å²) in [5.74, 6) is -1.40. The van der Waals surface area contributed by atoms with Crippen LogP contribution in [0.4, 0.5) is 20.2 Å². The van der Waals surface area contributed by atoms with Gasteiger partial charge < -0.3 is 10.2 Å². The van der Waals surface area contributed by atoms with Crippen molar-refractivity contribution in [1.82, 2.24) is 4.31 Å². The molecule has 30 heavy (non-hydrogen) atoms. The van der Waals surface area contributed by atoms with Gasteiger partial charge in [-0.2, -0.15) is 0 Å². The third kappa shape index (κ3) is 5.14. The minimum absolute atomic E-state index is 0.0162. The van der Waals surface area contributed by atoms with E-state index in [0.29, 0.717) is 5.69 Å². The zero-order chi connectivity index (χ0) is 21.7. The number of halogens is 2. The molecule has 2 aromatic rings. The molecule has 2 aromatic carbocycles. The van der Waals surface area contributed by atoms with E-state index >= 15 is 0 Å². The maximum absolute atomic E-state index is 14.3. The lowest BCUT2D eigenvalue weighted by atomic mass is 10.2. The Hall–Kier alpha value is -2.52. The van der Waals surface area contributed by atoms with Crippen molar-refractivity contribution in [3.8, 4) is 0 Å². The van der Waals surface area contributed by atoms with Gasteiger partial charge in [-0.1, -0.05) is 6.07 Å². The van der Waals surface area contributed by atoms with E-state index in [2.05, 4.69) is 5.32 Å². The summed E-state index contributed by atoms with van der Waals surface area (Å²) in [5, 5.41) is 2.64. The second-order valence-corrected chi connectivity index (χ2v) is 9.31. The average molecular weight is 438 g/mol. The molecular formula is C21H25F2N3O3S. The zero-order valence-electron chi connectivity index (χ0n) is 16.8. The molecule has 0 radical (unpaired) electrons. The monoisotopic (exact) mass is 437 g/mol. The lowest BCUT2D eigenvalue weighted by Gasteiger charge is -2.22. The number of hydrogen-bond donors (Lipinski definition) is 1. The summed E-state index contributed by atoms with van der Waals surface area (Å²) < 4.78 is 53.5. The summed E-state index contributed by atoms with van der Waals surface area (Å²) in [5.41, 5.74) is 0.827. The molecule has 0 aromatic heterocycles. The first-order valence-corrected chi connectivity index (χ1v) is 11.3. The number of para-hydroxylation sites is 1. The number of amides is 1. The number of carbonyl (C=O) groups is 1. The molecule has 0 unspecified atom stereocenters. The molecule has 6 nitrogen and oxygen atoms in total. The molecule has 0 saturated carbocycles. The van der Waals surface area contributed by atoms with Crippen LogP contribution in [0.3, 0.4) is 0 Å². The van der Waals surface area contributed by atoms with Crippen molar-refractivity contribution in [3.63, 3.8) is 0 Å². The van der Waals surface area contributed by atoms with Crippen LogP contribution in [0, 0.1) is 11.6 Å². The molecule has 0 atom stereocenters. The highest BCUT2D eigenvalue weighted by atomic mass is 32.2. The maximum Gasteiger partial charge on any atom is 0.242 e. The fourth-order valence-electron chi connectivity index (χ4n) is 3.43. The number of carbonyl (C=O) groups excluding carboxylic acids is 1. The van der Waals surface area contributed by atoms with Gasteiger partial charge in [0.1, 0.15) is 17.3 Å². The molecule has 1 heterocycles. The molecule has 1 fully saturated rings. The van der Waals surface area contributed by atoms with Gasteiger partial charge in [0.15, 0.2) is 0 Å². The summed E-state index contributed by atoms with van der Waals surface area (Å²) in [7, 11) is -2.37. The van der Waals surface area contributed by atoms with Gasteiger partial charge in [-0.05, 0) is 55.7 Å². The normalized spacial score (nSPS) is 14.3. The number of benzene rings is 2. The first-order chi connectivity index (χ1) is 14.3. The summed E-state index contributed by atoms with van der Waals surface area (Å²) in [6, 6.07) is 9.28. The topological polar surface area (TPSA) is 69.7 Å². The first kappa shape index (κ1) is 22.2. The lowest BCUT2D eigenvalue weighted by molar-refractivity contribution is -0.116. The highest BCUT2D eigenvalue weighted by molar-refractivity contribution is 7.89. The Morgan fingerprint density at radius 3 is 2.43 bits per heavy atom. The number of anilines is 2. The van der Waals surface area contributed by atoms with Gasteiger partial charge in [0, 0.05) is 33.1 Å². The largest absolute Gasteiger partial charge is 0.370 e. The summed E-state index contributed by atoms with van der Waals surface area (Å²) >= 11 is 0. The van der Waals surface area contributed by atoms with Crippen LogP contribution >= 0.6 is 0 Å². The highest BCUT2D eigenvalue weighted by Crippen LogP contribution is 2.31.